The maximum absolute atomic E-state index is 12.2. The van der Waals surface area contributed by atoms with Crippen molar-refractivity contribution in [3.63, 3.8) is 0 Å². The van der Waals surface area contributed by atoms with Gasteiger partial charge in [0.2, 0.25) is 0 Å². The van der Waals surface area contributed by atoms with Gasteiger partial charge >= 0.3 is 6.36 Å². The minimum Gasteiger partial charge on any atom is -0.406 e. The van der Waals surface area contributed by atoms with Crippen molar-refractivity contribution in [2.45, 2.75) is 19.3 Å². The van der Waals surface area contributed by atoms with E-state index in [-0.39, 0.29) is 24.2 Å². The van der Waals surface area contributed by atoms with Gasteiger partial charge in [0.05, 0.1) is 0 Å². The van der Waals surface area contributed by atoms with E-state index >= 15 is 0 Å². The third-order valence-corrected chi connectivity index (χ3v) is 3.27. The summed E-state index contributed by atoms with van der Waals surface area (Å²) in [6, 6.07) is 6.28. The second kappa shape index (κ2) is 7.15. The Labute approximate surface area is 122 Å². The molecule has 0 aliphatic carbocycles. The Balaban J connectivity index is 0.00000200. The van der Waals surface area contributed by atoms with Crippen molar-refractivity contribution in [2.24, 2.45) is 0 Å². The minimum absolute atomic E-state index is 0. The lowest BCUT2D eigenvalue weighted by molar-refractivity contribution is -0.274. The summed E-state index contributed by atoms with van der Waals surface area (Å²) >= 11 is 0. The number of alkyl halides is 3. The second-order valence-corrected chi connectivity index (χ2v) is 4.58. The normalized spacial score (nSPS) is 18.2. The molecule has 1 heterocycles. The fraction of sp³-hybridized carbons (Fsp3) is 0.538. The number of halogens is 4. The molecule has 0 radical (unpaired) electrons. The van der Waals surface area contributed by atoms with Crippen molar-refractivity contribution in [1.29, 1.82) is 0 Å². The van der Waals surface area contributed by atoms with Crippen LogP contribution in [0.3, 0.4) is 0 Å². The number of nitrogens with zero attached hydrogens (tertiary/aromatic N) is 1. The molecule has 1 saturated heterocycles. The van der Waals surface area contributed by atoms with Crippen LogP contribution in [0.2, 0.25) is 0 Å². The highest BCUT2D eigenvalue weighted by molar-refractivity contribution is 5.85. The fourth-order valence-corrected chi connectivity index (χ4v) is 2.25. The zero-order valence-electron chi connectivity index (χ0n) is 11.1. The minimum atomic E-state index is -4.64. The predicted octanol–water partition coefficient (Wildman–Crippen LogP) is 2.97. The Bertz CT molecular complexity index is 422. The van der Waals surface area contributed by atoms with E-state index in [1.54, 1.807) is 6.07 Å². The summed E-state index contributed by atoms with van der Waals surface area (Å²) in [4.78, 5) is 2.24. The van der Waals surface area contributed by atoms with Crippen LogP contribution in [0.15, 0.2) is 24.3 Å². The molecule has 1 aliphatic rings. The van der Waals surface area contributed by atoms with Gasteiger partial charge in [0.1, 0.15) is 5.75 Å². The van der Waals surface area contributed by atoms with Crippen LogP contribution in [0.5, 0.6) is 5.75 Å². The van der Waals surface area contributed by atoms with Crippen LogP contribution in [0.4, 0.5) is 13.2 Å². The topological polar surface area (TPSA) is 24.5 Å². The number of nitrogens with one attached hydrogen (secondary N) is 1. The standard InChI is InChI=1S/C13H17F3N2O.ClH/c1-10(18-7-5-17-6-8-18)11-3-2-4-12(9-11)19-13(14,15)16;/h2-4,9-10,17H,5-8H2,1H3;1H/t10-;/m1./s1. The molecular formula is C13H18ClF3N2O. The molecule has 2 rings (SSSR count). The molecule has 0 spiro atoms. The molecule has 0 amide bonds. The van der Waals surface area contributed by atoms with Crippen molar-refractivity contribution in [3.8, 4) is 5.75 Å². The van der Waals surface area contributed by atoms with E-state index < -0.39 is 6.36 Å². The highest BCUT2D eigenvalue weighted by Crippen LogP contribution is 2.27. The number of ether oxygens (including phenoxy) is 1. The average Bonchev–Trinajstić information content (AvgIpc) is 2.37. The Morgan fingerprint density at radius 3 is 2.50 bits per heavy atom. The van der Waals surface area contributed by atoms with E-state index in [4.69, 9.17) is 0 Å². The van der Waals surface area contributed by atoms with Crippen LogP contribution >= 0.6 is 12.4 Å². The third-order valence-electron chi connectivity index (χ3n) is 3.27. The summed E-state index contributed by atoms with van der Waals surface area (Å²) in [5.74, 6) is -0.160. The highest BCUT2D eigenvalue weighted by Gasteiger charge is 2.31. The van der Waals surface area contributed by atoms with Gasteiger partial charge in [0.25, 0.3) is 0 Å². The monoisotopic (exact) mass is 310 g/mol. The third kappa shape index (κ3) is 4.85. The van der Waals surface area contributed by atoms with Gasteiger partial charge in [0, 0.05) is 32.2 Å². The van der Waals surface area contributed by atoms with Crippen LogP contribution < -0.4 is 10.1 Å². The van der Waals surface area contributed by atoms with Crippen LogP contribution in [0.1, 0.15) is 18.5 Å². The molecule has 0 aromatic heterocycles. The first kappa shape index (κ1) is 17.1. The Morgan fingerprint density at radius 1 is 1.25 bits per heavy atom. The van der Waals surface area contributed by atoms with Crippen molar-refractivity contribution in [3.05, 3.63) is 29.8 Å². The van der Waals surface area contributed by atoms with E-state index in [0.717, 1.165) is 31.7 Å². The first-order valence-corrected chi connectivity index (χ1v) is 6.26. The zero-order valence-corrected chi connectivity index (χ0v) is 11.9. The maximum atomic E-state index is 12.2. The van der Waals surface area contributed by atoms with Crippen LogP contribution in [-0.2, 0) is 0 Å². The molecule has 0 saturated carbocycles. The smallest absolute Gasteiger partial charge is 0.406 e. The summed E-state index contributed by atoms with van der Waals surface area (Å²) in [6.07, 6.45) is -4.64. The molecule has 1 N–H and O–H groups in total. The number of hydrogen-bond acceptors (Lipinski definition) is 3. The highest BCUT2D eigenvalue weighted by atomic mass is 35.5. The molecule has 3 nitrogen and oxygen atoms in total. The summed E-state index contributed by atoms with van der Waals surface area (Å²) in [5.41, 5.74) is 0.837. The predicted molar refractivity (Wildman–Crippen MR) is 73.2 cm³/mol. The lowest BCUT2D eigenvalue weighted by atomic mass is 10.1. The summed E-state index contributed by atoms with van der Waals surface area (Å²) in [5, 5.41) is 3.25. The molecule has 1 atom stereocenters. The molecule has 1 fully saturated rings. The fourth-order valence-electron chi connectivity index (χ4n) is 2.25. The molecule has 114 valence electrons. The van der Waals surface area contributed by atoms with E-state index in [0.29, 0.717) is 0 Å². The quantitative estimate of drug-likeness (QED) is 0.929. The van der Waals surface area contributed by atoms with Gasteiger partial charge in [-0.25, -0.2) is 0 Å². The maximum Gasteiger partial charge on any atom is 0.573 e. The molecule has 0 bridgehead atoms. The Morgan fingerprint density at radius 2 is 1.90 bits per heavy atom. The molecular weight excluding hydrogens is 293 g/mol. The van der Waals surface area contributed by atoms with Gasteiger partial charge in [-0.15, -0.1) is 25.6 Å². The molecule has 0 unspecified atom stereocenters. The van der Waals surface area contributed by atoms with Gasteiger partial charge in [-0.1, -0.05) is 12.1 Å². The summed E-state index contributed by atoms with van der Waals surface area (Å²) in [6.45, 7) is 5.60. The number of rotatable bonds is 3. The van der Waals surface area contributed by atoms with Crippen LogP contribution in [0, 0.1) is 0 Å². The average molecular weight is 311 g/mol. The molecule has 1 aromatic rings. The van der Waals surface area contributed by atoms with Gasteiger partial charge < -0.3 is 10.1 Å². The van der Waals surface area contributed by atoms with Crippen molar-refractivity contribution in [2.75, 3.05) is 26.2 Å². The van der Waals surface area contributed by atoms with Gasteiger partial charge in [-0.2, -0.15) is 0 Å². The van der Waals surface area contributed by atoms with Crippen LogP contribution in [-0.4, -0.2) is 37.4 Å². The first-order valence-electron chi connectivity index (χ1n) is 6.26. The lowest BCUT2D eigenvalue weighted by Crippen LogP contribution is -2.44. The van der Waals surface area contributed by atoms with Crippen LogP contribution in [0.25, 0.3) is 0 Å². The Hall–Kier alpha value is -0.980. The van der Waals surface area contributed by atoms with E-state index in [1.807, 2.05) is 13.0 Å². The van der Waals surface area contributed by atoms with Gasteiger partial charge in [0.15, 0.2) is 0 Å². The number of piperazine rings is 1. The summed E-state index contributed by atoms with van der Waals surface area (Å²) < 4.78 is 40.5. The van der Waals surface area contributed by atoms with Gasteiger partial charge in [-0.3, -0.25) is 4.90 Å². The van der Waals surface area contributed by atoms with E-state index in [2.05, 4.69) is 15.0 Å². The van der Waals surface area contributed by atoms with E-state index in [9.17, 15) is 13.2 Å². The Kier molecular flexibility index (Phi) is 6.10. The second-order valence-electron chi connectivity index (χ2n) is 4.58. The number of hydrogen-bond donors (Lipinski definition) is 1. The molecule has 1 aliphatic heterocycles. The zero-order chi connectivity index (χ0) is 13.9. The molecule has 20 heavy (non-hydrogen) atoms. The first-order chi connectivity index (χ1) is 8.96. The van der Waals surface area contributed by atoms with Gasteiger partial charge in [-0.05, 0) is 24.6 Å². The molecule has 1 aromatic carbocycles. The van der Waals surface area contributed by atoms with E-state index in [1.165, 1.54) is 12.1 Å². The van der Waals surface area contributed by atoms with Crippen molar-refractivity contribution < 1.29 is 17.9 Å². The largest absolute Gasteiger partial charge is 0.573 e. The molecule has 7 heteroatoms. The van der Waals surface area contributed by atoms with Crippen molar-refractivity contribution >= 4 is 12.4 Å². The summed E-state index contributed by atoms with van der Waals surface area (Å²) in [7, 11) is 0. The SMILES string of the molecule is C[C@H](c1cccc(OC(F)(F)F)c1)N1CCNCC1.Cl. The lowest BCUT2D eigenvalue weighted by Gasteiger charge is -2.33. The van der Waals surface area contributed by atoms with Crippen molar-refractivity contribution in [1.82, 2.24) is 10.2 Å². The number of benzene rings is 1.